The molecule has 1 N–H and O–H groups in total. The molecule has 1 amide bonds. The number of sulfonamides is 1. The molecule has 0 radical (unpaired) electrons. The van der Waals surface area contributed by atoms with Crippen molar-refractivity contribution in [2.45, 2.75) is 37.1 Å². The van der Waals surface area contributed by atoms with Gasteiger partial charge in [0.1, 0.15) is 0 Å². The minimum Gasteiger partial charge on any atom is -0.452 e. The molecule has 2 heterocycles. The van der Waals surface area contributed by atoms with Gasteiger partial charge in [-0.25, -0.2) is 13.2 Å². The van der Waals surface area contributed by atoms with Gasteiger partial charge in [-0.15, -0.1) is 0 Å². The Balaban J connectivity index is 1.13. The van der Waals surface area contributed by atoms with Gasteiger partial charge < -0.3 is 15.0 Å². The molecule has 3 aromatic carbocycles. The SMILES string of the molecule is O=C(COC(=O)c1ccc(S(=O)(=O)N2CCc3ccccc3C2)cc1)Nc1ccc(N2CCCCC2)cc1. The average Bonchev–Trinajstić information content (AvgIpc) is 2.96. The van der Waals surface area contributed by atoms with Crippen molar-refractivity contribution >= 4 is 33.3 Å². The molecular formula is C29H31N3O5S. The third kappa shape index (κ3) is 5.89. The molecule has 0 spiro atoms. The van der Waals surface area contributed by atoms with Crippen molar-refractivity contribution in [1.29, 1.82) is 0 Å². The second-order valence-electron chi connectivity index (χ2n) is 9.60. The van der Waals surface area contributed by atoms with E-state index in [4.69, 9.17) is 4.74 Å². The molecule has 38 heavy (non-hydrogen) atoms. The van der Waals surface area contributed by atoms with E-state index in [1.807, 2.05) is 48.5 Å². The lowest BCUT2D eigenvalue weighted by molar-refractivity contribution is -0.119. The Hall–Kier alpha value is -3.69. The van der Waals surface area contributed by atoms with Crippen LogP contribution in [0.25, 0.3) is 0 Å². The lowest BCUT2D eigenvalue weighted by atomic mass is 10.0. The number of nitrogens with zero attached hydrogens (tertiary/aromatic N) is 2. The van der Waals surface area contributed by atoms with Crippen LogP contribution < -0.4 is 10.2 Å². The second kappa shape index (κ2) is 11.4. The van der Waals surface area contributed by atoms with E-state index in [1.54, 1.807) is 0 Å². The summed E-state index contributed by atoms with van der Waals surface area (Å²) in [6.45, 7) is 2.36. The summed E-state index contributed by atoms with van der Waals surface area (Å²) in [5, 5.41) is 2.73. The van der Waals surface area contributed by atoms with Gasteiger partial charge in [0.25, 0.3) is 5.91 Å². The summed E-state index contributed by atoms with van der Waals surface area (Å²) in [6, 6.07) is 21.1. The van der Waals surface area contributed by atoms with E-state index in [9.17, 15) is 18.0 Å². The van der Waals surface area contributed by atoms with Crippen molar-refractivity contribution < 1.29 is 22.7 Å². The quantitative estimate of drug-likeness (QED) is 0.457. The number of amides is 1. The normalized spacial score (nSPS) is 15.9. The molecule has 0 saturated carbocycles. The number of rotatable bonds is 7. The zero-order valence-corrected chi connectivity index (χ0v) is 22.0. The van der Waals surface area contributed by atoms with E-state index < -0.39 is 28.5 Å². The van der Waals surface area contributed by atoms with Gasteiger partial charge >= 0.3 is 5.97 Å². The van der Waals surface area contributed by atoms with Crippen LogP contribution in [-0.4, -0.2) is 50.8 Å². The first kappa shape index (κ1) is 25.9. The number of ether oxygens (including phenoxy) is 1. The van der Waals surface area contributed by atoms with Gasteiger partial charge in [0, 0.05) is 37.6 Å². The van der Waals surface area contributed by atoms with Crippen LogP contribution in [0, 0.1) is 0 Å². The number of hydrogen-bond acceptors (Lipinski definition) is 6. The highest BCUT2D eigenvalue weighted by atomic mass is 32.2. The molecule has 5 rings (SSSR count). The fourth-order valence-electron chi connectivity index (χ4n) is 4.91. The molecule has 0 unspecified atom stereocenters. The molecule has 2 aliphatic heterocycles. The zero-order valence-electron chi connectivity index (χ0n) is 21.1. The summed E-state index contributed by atoms with van der Waals surface area (Å²) < 4.78 is 32.9. The van der Waals surface area contributed by atoms with Crippen molar-refractivity contribution in [2.24, 2.45) is 0 Å². The number of carbonyl (C=O) groups is 2. The summed E-state index contributed by atoms with van der Waals surface area (Å²) in [4.78, 5) is 27.2. The molecule has 0 aromatic heterocycles. The highest BCUT2D eigenvalue weighted by Gasteiger charge is 2.28. The highest BCUT2D eigenvalue weighted by molar-refractivity contribution is 7.89. The topological polar surface area (TPSA) is 96.0 Å². The molecule has 9 heteroatoms. The standard InChI is InChI=1S/C29H31N3O5S/c33-28(30-25-10-12-26(13-11-25)31-17-4-1-5-18-31)21-37-29(34)23-8-14-27(15-9-23)38(35,36)32-19-16-22-6-2-3-7-24(22)20-32/h2-3,6-15H,1,4-5,16-21H2,(H,30,33). The van der Waals surface area contributed by atoms with Gasteiger partial charge in [-0.05, 0) is 85.3 Å². The lowest BCUT2D eigenvalue weighted by Gasteiger charge is -2.28. The Morgan fingerprint density at radius 1 is 0.816 bits per heavy atom. The van der Waals surface area contributed by atoms with E-state index in [-0.39, 0.29) is 10.5 Å². The zero-order chi connectivity index (χ0) is 26.5. The van der Waals surface area contributed by atoms with Gasteiger partial charge in [0.2, 0.25) is 10.0 Å². The molecule has 3 aromatic rings. The monoisotopic (exact) mass is 533 g/mol. The van der Waals surface area contributed by atoms with E-state index in [1.165, 1.54) is 47.8 Å². The predicted octanol–water partition coefficient (Wildman–Crippen LogP) is 4.22. The van der Waals surface area contributed by atoms with Crippen LogP contribution in [0.3, 0.4) is 0 Å². The van der Waals surface area contributed by atoms with Crippen molar-refractivity contribution in [3.8, 4) is 0 Å². The van der Waals surface area contributed by atoms with Gasteiger partial charge in [-0.2, -0.15) is 4.31 Å². The van der Waals surface area contributed by atoms with Crippen molar-refractivity contribution in [3.63, 3.8) is 0 Å². The molecule has 0 aliphatic carbocycles. The molecule has 198 valence electrons. The van der Waals surface area contributed by atoms with Gasteiger partial charge in [0.05, 0.1) is 10.5 Å². The summed E-state index contributed by atoms with van der Waals surface area (Å²) >= 11 is 0. The number of nitrogens with one attached hydrogen (secondary N) is 1. The van der Waals surface area contributed by atoms with Crippen LogP contribution in [0.2, 0.25) is 0 Å². The Morgan fingerprint density at radius 2 is 1.50 bits per heavy atom. The van der Waals surface area contributed by atoms with E-state index in [0.29, 0.717) is 25.2 Å². The van der Waals surface area contributed by atoms with Gasteiger partial charge in [-0.1, -0.05) is 24.3 Å². The Labute approximate surface area is 223 Å². The van der Waals surface area contributed by atoms with Crippen LogP contribution in [-0.2, 0) is 32.5 Å². The number of fused-ring (bicyclic) bond motifs is 1. The minimum absolute atomic E-state index is 0.110. The first-order valence-corrected chi connectivity index (χ1v) is 14.3. The minimum atomic E-state index is -3.70. The van der Waals surface area contributed by atoms with Gasteiger partial charge in [-0.3, -0.25) is 4.79 Å². The van der Waals surface area contributed by atoms with E-state index in [0.717, 1.165) is 29.9 Å². The second-order valence-corrected chi connectivity index (χ2v) is 11.5. The average molecular weight is 534 g/mol. The highest BCUT2D eigenvalue weighted by Crippen LogP contribution is 2.25. The van der Waals surface area contributed by atoms with Crippen molar-refractivity contribution in [2.75, 3.05) is 36.5 Å². The van der Waals surface area contributed by atoms with Crippen LogP contribution in [0.15, 0.2) is 77.7 Å². The summed E-state index contributed by atoms with van der Waals surface area (Å²) in [5.41, 5.74) is 4.09. The van der Waals surface area contributed by atoms with Gasteiger partial charge in [0.15, 0.2) is 6.61 Å². The summed E-state index contributed by atoms with van der Waals surface area (Å²) in [5.74, 6) is -1.15. The number of carbonyl (C=O) groups excluding carboxylic acids is 2. The molecule has 2 aliphatic rings. The molecule has 1 saturated heterocycles. The van der Waals surface area contributed by atoms with Crippen molar-refractivity contribution in [1.82, 2.24) is 4.31 Å². The number of anilines is 2. The first-order valence-electron chi connectivity index (χ1n) is 12.9. The van der Waals surface area contributed by atoms with E-state index >= 15 is 0 Å². The number of hydrogen-bond donors (Lipinski definition) is 1. The maximum absolute atomic E-state index is 13.1. The van der Waals surface area contributed by atoms with Crippen molar-refractivity contribution in [3.05, 3.63) is 89.5 Å². The maximum Gasteiger partial charge on any atom is 0.338 e. The molecule has 1 fully saturated rings. The summed E-state index contributed by atoms with van der Waals surface area (Å²) in [6.07, 6.45) is 4.30. The third-order valence-corrected chi connectivity index (χ3v) is 8.89. The third-order valence-electron chi connectivity index (χ3n) is 7.03. The van der Waals surface area contributed by atoms with E-state index in [2.05, 4.69) is 10.2 Å². The molecule has 0 atom stereocenters. The van der Waals surface area contributed by atoms with Crippen LogP contribution in [0.1, 0.15) is 40.7 Å². The first-order chi connectivity index (χ1) is 18.4. The van der Waals surface area contributed by atoms with Crippen LogP contribution in [0.5, 0.6) is 0 Å². The Morgan fingerprint density at radius 3 is 2.21 bits per heavy atom. The largest absolute Gasteiger partial charge is 0.452 e. The number of benzene rings is 3. The maximum atomic E-state index is 13.1. The number of esters is 1. The molecule has 0 bridgehead atoms. The Kier molecular flexibility index (Phi) is 7.76. The van der Waals surface area contributed by atoms with Crippen LogP contribution >= 0.6 is 0 Å². The van der Waals surface area contributed by atoms with Crippen LogP contribution in [0.4, 0.5) is 11.4 Å². The molecular weight excluding hydrogens is 502 g/mol. The predicted molar refractivity (Wildman–Crippen MR) is 146 cm³/mol. The fourth-order valence-corrected chi connectivity index (χ4v) is 6.33. The fraction of sp³-hybridized carbons (Fsp3) is 0.310. The Bertz CT molecular complexity index is 1400. The molecule has 8 nitrogen and oxygen atoms in total. The lowest BCUT2D eigenvalue weighted by Crippen LogP contribution is -2.35. The number of piperidine rings is 1. The summed E-state index contributed by atoms with van der Waals surface area (Å²) in [7, 11) is -3.70. The smallest absolute Gasteiger partial charge is 0.338 e.